The van der Waals surface area contributed by atoms with Crippen LogP contribution in [0.2, 0.25) is 0 Å². The topological polar surface area (TPSA) is 106 Å². The summed E-state index contributed by atoms with van der Waals surface area (Å²) in [7, 11) is 0. The number of hydrogen-bond acceptors (Lipinski definition) is 6. The SMILES string of the molecule is CCCCN1CCN(C(Cc2ccccc2)c2nnc(C(C)(N)Cc3ccccc3)o2)C(=O)C1=O. The van der Waals surface area contributed by atoms with Crippen molar-refractivity contribution in [2.75, 3.05) is 19.6 Å². The summed E-state index contributed by atoms with van der Waals surface area (Å²) in [5.41, 5.74) is 7.77. The molecule has 3 aromatic rings. The zero-order valence-electron chi connectivity index (χ0n) is 20.4. The Morgan fingerprint density at radius 3 is 2.29 bits per heavy atom. The third-order valence-corrected chi connectivity index (χ3v) is 6.40. The van der Waals surface area contributed by atoms with E-state index in [9.17, 15) is 9.59 Å². The molecule has 0 saturated carbocycles. The Morgan fingerprint density at radius 1 is 0.971 bits per heavy atom. The first-order valence-corrected chi connectivity index (χ1v) is 12.2. The van der Waals surface area contributed by atoms with E-state index >= 15 is 0 Å². The third kappa shape index (κ3) is 5.77. The fraction of sp³-hybridized carbons (Fsp3) is 0.407. The third-order valence-electron chi connectivity index (χ3n) is 6.40. The first kappa shape index (κ1) is 24.6. The number of amides is 2. The van der Waals surface area contributed by atoms with E-state index < -0.39 is 23.4 Å². The highest BCUT2D eigenvalue weighted by atomic mass is 16.4. The van der Waals surface area contributed by atoms with Crippen LogP contribution in [0.25, 0.3) is 0 Å². The van der Waals surface area contributed by atoms with E-state index in [0.29, 0.717) is 38.4 Å². The quantitative estimate of drug-likeness (QED) is 0.451. The lowest BCUT2D eigenvalue weighted by atomic mass is 9.94. The van der Waals surface area contributed by atoms with E-state index in [0.717, 1.165) is 24.0 Å². The van der Waals surface area contributed by atoms with Crippen LogP contribution in [0.5, 0.6) is 0 Å². The second-order valence-corrected chi connectivity index (χ2v) is 9.38. The molecule has 4 rings (SSSR count). The largest absolute Gasteiger partial charge is 0.421 e. The van der Waals surface area contributed by atoms with E-state index in [4.69, 9.17) is 10.2 Å². The van der Waals surface area contributed by atoms with Crippen LogP contribution in [-0.4, -0.2) is 51.4 Å². The van der Waals surface area contributed by atoms with Gasteiger partial charge in [-0.1, -0.05) is 74.0 Å². The molecular formula is C27H33N5O3. The lowest BCUT2D eigenvalue weighted by Gasteiger charge is -2.37. The molecule has 0 bridgehead atoms. The monoisotopic (exact) mass is 475 g/mol. The van der Waals surface area contributed by atoms with Crippen LogP contribution in [0, 0.1) is 0 Å². The van der Waals surface area contributed by atoms with Gasteiger partial charge >= 0.3 is 11.8 Å². The Kier molecular flexibility index (Phi) is 7.60. The van der Waals surface area contributed by atoms with Crippen molar-refractivity contribution < 1.29 is 14.0 Å². The van der Waals surface area contributed by atoms with Gasteiger partial charge < -0.3 is 20.0 Å². The molecule has 2 amide bonds. The predicted molar refractivity (Wildman–Crippen MR) is 132 cm³/mol. The van der Waals surface area contributed by atoms with Crippen molar-refractivity contribution in [3.63, 3.8) is 0 Å². The average molecular weight is 476 g/mol. The van der Waals surface area contributed by atoms with Gasteiger partial charge in [0.05, 0.1) is 5.54 Å². The standard InChI is InChI=1S/C27H33N5O3/c1-3-4-15-31-16-17-32(25(34)24(31)33)22(18-20-11-7-5-8-12-20)23-29-30-26(35-23)27(2,28)19-21-13-9-6-10-14-21/h5-14,22H,3-4,15-19,28H2,1-2H3. The lowest BCUT2D eigenvalue weighted by molar-refractivity contribution is -0.158. The van der Waals surface area contributed by atoms with Gasteiger partial charge in [-0.05, 0) is 30.9 Å². The molecule has 2 heterocycles. The van der Waals surface area contributed by atoms with Gasteiger partial charge in [0.25, 0.3) is 0 Å². The highest BCUT2D eigenvalue weighted by Crippen LogP contribution is 2.29. The van der Waals surface area contributed by atoms with Crippen molar-refractivity contribution in [2.24, 2.45) is 5.73 Å². The number of carbonyl (C=O) groups is 2. The van der Waals surface area contributed by atoms with Crippen LogP contribution in [0.3, 0.4) is 0 Å². The Morgan fingerprint density at radius 2 is 1.63 bits per heavy atom. The molecule has 2 aromatic carbocycles. The Hall–Kier alpha value is -3.52. The zero-order valence-corrected chi connectivity index (χ0v) is 20.4. The van der Waals surface area contributed by atoms with E-state index in [1.807, 2.05) is 67.6 Å². The second kappa shape index (κ2) is 10.8. The molecule has 8 nitrogen and oxygen atoms in total. The van der Waals surface area contributed by atoms with Gasteiger partial charge in [0.1, 0.15) is 6.04 Å². The Balaban J connectivity index is 1.60. The summed E-state index contributed by atoms with van der Waals surface area (Å²) in [6.45, 7) is 5.40. The van der Waals surface area contributed by atoms with Crippen LogP contribution in [0.4, 0.5) is 0 Å². The van der Waals surface area contributed by atoms with E-state index in [-0.39, 0.29) is 5.89 Å². The highest BCUT2D eigenvalue weighted by molar-refractivity contribution is 6.35. The zero-order chi connectivity index (χ0) is 24.8. The predicted octanol–water partition coefficient (Wildman–Crippen LogP) is 3.24. The minimum Gasteiger partial charge on any atom is -0.421 e. The number of carbonyl (C=O) groups excluding carboxylic acids is 2. The summed E-state index contributed by atoms with van der Waals surface area (Å²) in [6, 6.07) is 19.1. The molecule has 184 valence electrons. The van der Waals surface area contributed by atoms with Gasteiger partial charge in [-0.15, -0.1) is 10.2 Å². The molecule has 8 heteroatoms. The fourth-order valence-corrected chi connectivity index (χ4v) is 4.41. The number of unbranched alkanes of at least 4 members (excludes halogenated alkanes) is 1. The second-order valence-electron chi connectivity index (χ2n) is 9.38. The van der Waals surface area contributed by atoms with E-state index in [2.05, 4.69) is 17.1 Å². The van der Waals surface area contributed by atoms with Crippen LogP contribution in [-0.2, 0) is 28.0 Å². The molecule has 1 saturated heterocycles. The van der Waals surface area contributed by atoms with Crippen molar-refractivity contribution in [1.82, 2.24) is 20.0 Å². The summed E-state index contributed by atoms with van der Waals surface area (Å²) < 4.78 is 6.12. The number of benzene rings is 2. The number of nitrogens with two attached hydrogens (primary N) is 1. The van der Waals surface area contributed by atoms with Gasteiger partial charge in [-0.25, -0.2) is 0 Å². The summed E-state index contributed by atoms with van der Waals surface area (Å²) >= 11 is 0. The van der Waals surface area contributed by atoms with Crippen LogP contribution < -0.4 is 5.73 Å². The molecule has 2 unspecified atom stereocenters. The van der Waals surface area contributed by atoms with Crippen molar-refractivity contribution in [2.45, 2.75) is 51.1 Å². The Labute approximate surface area is 206 Å². The number of rotatable bonds is 10. The summed E-state index contributed by atoms with van der Waals surface area (Å²) in [5.74, 6) is -0.422. The smallest absolute Gasteiger partial charge is 0.312 e. The lowest BCUT2D eigenvalue weighted by Crippen LogP contribution is -2.55. The molecule has 1 fully saturated rings. The van der Waals surface area contributed by atoms with E-state index in [1.54, 1.807) is 9.80 Å². The maximum Gasteiger partial charge on any atom is 0.312 e. The maximum atomic E-state index is 13.2. The van der Waals surface area contributed by atoms with Crippen LogP contribution in [0.15, 0.2) is 65.1 Å². The fourth-order valence-electron chi connectivity index (χ4n) is 4.41. The molecule has 0 radical (unpaired) electrons. The number of piperazine rings is 1. The van der Waals surface area contributed by atoms with Crippen LogP contribution >= 0.6 is 0 Å². The Bertz CT molecular complexity index is 1130. The average Bonchev–Trinajstić information content (AvgIpc) is 3.36. The molecule has 0 aliphatic carbocycles. The van der Waals surface area contributed by atoms with Gasteiger partial charge in [0.2, 0.25) is 11.8 Å². The first-order valence-electron chi connectivity index (χ1n) is 12.2. The molecule has 1 aliphatic heterocycles. The minimum atomic E-state index is -0.886. The number of hydrogen-bond donors (Lipinski definition) is 1. The van der Waals surface area contributed by atoms with Crippen molar-refractivity contribution in [1.29, 1.82) is 0 Å². The highest BCUT2D eigenvalue weighted by Gasteiger charge is 2.39. The molecular weight excluding hydrogens is 442 g/mol. The minimum absolute atomic E-state index is 0.289. The van der Waals surface area contributed by atoms with Gasteiger partial charge in [-0.3, -0.25) is 9.59 Å². The molecule has 2 atom stereocenters. The summed E-state index contributed by atoms with van der Waals surface area (Å²) in [6.07, 6.45) is 2.81. The van der Waals surface area contributed by atoms with Crippen molar-refractivity contribution in [3.8, 4) is 0 Å². The van der Waals surface area contributed by atoms with Gasteiger partial charge in [0, 0.05) is 26.1 Å². The van der Waals surface area contributed by atoms with Crippen molar-refractivity contribution in [3.05, 3.63) is 83.6 Å². The maximum absolute atomic E-state index is 13.2. The van der Waals surface area contributed by atoms with E-state index in [1.165, 1.54) is 0 Å². The van der Waals surface area contributed by atoms with Gasteiger partial charge in [0.15, 0.2) is 0 Å². The summed E-state index contributed by atoms with van der Waals surface area (Å²) in [5, 5.41) is 8.57. The molecule has 1 aromatic heterocycles. The number of nitrogens with zero attached hydrogens (tertiary/aromatic N) is 4. The molecule has 2 N–H and O–H groups in total. The molecule has 1 aliphatic rings. The van der Waals surface area contributed by atoms with Gasteiger partial charge in [-0.2, -0.15) is 0 Å². The molecule has 0 spiro atoms. The number of aromatic nitrogens is 2. The van der Waals surface area contributed by atoms with Crippen molar-refractivity contribution >= 4 is 11.8 Å². The first-order chi connectivity index (χ1) is 16.9. The summed E-state index contributed by atoms with van der Waals surface area (Å²) in [4.78, 5) is 29.2. The molecule has 35 heavy (non-hydrogen) atoms. The normalized spacial score (nSPS) is 16.9. The van der Waals surface area contributed by atoms with Crippen LogP contribution in [0.1, 0.15) is 55.6 Å².